The molecule has 8 nitrogen and oxygen atoms in total. The third-order valence-corrected chi connectivity index (χ3v) is 7.26. The maximum absolute atomic E-state index is 13.9. The van der Waals surface area contributed by atoms with Crippen molar-refractivity contribution in [2.24, 2.45) is 0 Å². The van der Waals surface area contributed by atoms with E-state index in [0.717, 1.165) is 5.56 Å². The molecule has 1 atom stereocenters. The molecule has 0 unspecified atom stereocenters. The van der Waals surface area contributed by atoms with Crippen LogP contribution in [0.2, 0.25) is 0 Å². The Labute approximate surface area is 209 Å². The summed E-state index contributed by atoms with van der Waals surface area (Å²) in [6.07, 6.45) is 0.719. The van der Waals surface area contributed by atoms with Gasteiger partial charge in [-0.15, -0.1) is 0 Å². The third-order valence-electron chi connectivity index (χ3n) is 7.26. The van der Waals surface area contributed by atoms with Crippen molar-refractivity contribution in [3.63, 3.8) is 0 Å². The van der Waals surface area contributed by atoms with E-state index in [1.807, 2.05) is 25.1 Å². The van der Waals surface area contributed by atoms with Gasteiger partial charge in [0.2, 0.25) is 5.91 Å². The summed E-state index contributed by atoms with van der Waals surface area (Å²) < 4.78 is 25.3. The molecule has 190 valence electrons. The van der Waals surface area contributed by atoms with Gasteiger partial charge in [0.15, 0.2) is 0 Å². The van der Waals surface area contributed by atoms with Gasteiger partial charge in [0.05, 0.1) is 19.8 Å². The van der Waals surface area contributed by atoms with Crippen LogP contribution in [0, 0.1) is 12.7 Å². The van der Waals surface area contributed by atoms with Crippen LogP contribution in [0.15, 0.2) is 48.5 Å². The highest BCUT2D eigenvalue weighted by Gasteiger charge is 2.55. The number of benzene rings is 2. The molecule has 2 aromatic carbocycles. The van der Waals surface area contributed by atoms with Gasteiger partial charge in [0.1, 0.15) is 17.6 Å². The maximum atomic E-state index is 13.9. The summed E-state index contributed by atoms with van der Waals surface area (Å²) in [6, 6.07) is 12.2. The summed E-state index contributed by atoms with van der Waals surface area (Å²) >= 11 is 0. The first kappa shape index (κ1) is 24.4. The number of amides is 3. The summed E-state index contributed by atoms with van der Waals surface area (Å²) in [5.41, 5.74) is 0.734. The number of piperidine rings is 1. The first-order valence-electron chi connectivity index (χ1n) is 12.3. The van der Waals surface area contributed by atoms with Gasteiger partial charge >= 0.3 is 0 Å². The predicted molar refractivity (Wildman–Crippen MR) is 129 cm³/mol. The number of rotatable bonds is 3. The van der Waals surface area contributed by atoms with Crippen LogP contribution in [-0.4, -0.2) is 90.2 Å². The Hall–Kier alpha value is -3.30. The average Bonchev–Trinajstić information content (AvgIpc) is 3.26. The number of hydrogen-bond acceptors (Lipinski definition) is 5. The van der Waals surface area contributed by atoms with Gasteiger partial charge in [0.25, 0.3) is 11.8 Å². The molecule has 0 saturated carbocycles. The maximum Gasteiger partial charge on any atom is 0.256 e. The molecule has 3 amide bonds. The molecule has 3 fully saturated rings. The van der Waals surface area contributed by atoms with Gasteiger partial charge in [-0.05, 0) is 37.3 Å². The second-order valence-electron chi connectivity index (χ2n) is 9.56. The number of carbonyl (C=O) groups is 3. The lowest BCUT2D eigenvalue weighted by Gasteiger charge is -2.45. The van der Waals surface area contributed by atoms with Crippen molar-refractivity contribution in [1.82, 2.24) is 14.7 Å². The van der Waals surface area contributed by atoms with Crippen LogP contribution in [0.25, 0.3) is 0 Å². The van der Waals surface area contributed by atoms with E-state index in [0.29, 0.717) is 57.8 Å². The van der Waals surface area contributed by atoms with Crippen molar-refractivity contribution in [3.05, 3.63) is 71.0 Å². The zero-order valence-electron chi connectivity index (χ0n) is 20.3. The SMILES string of the molecule is Cc1cccc(C(=O)N2[C@@H](C(=O)N3CCOCC3)COC23CCN(C(=O)c2cccc(F)c2)CC3)c1. The van der Waals surface area contributed by atoms with Crippen LogP contribution >= 0.6 is 0 Å². The molecule has 0 N–H and O–H groups in total. The molecule has 0 aliphatic carbocycles. The summed E-state index contributed by atoms with van der Waals surface area (Å²) in [5, 5.41) is 0. The number of hydrogen-bond donors (Lipinski definition) is 0. The molecule has 2 aromatic rings. The molecule has 3 aliphatic heterocycles. The molecule has 3 saturated heterocycles. The Morgan fingerprint density at radius 1 is 0.889 bits per heavy atom. The second-order valence-corrected chi connectivity index (χ2v) is 9.56. The largest absolute Gasteiger partial charge is 0.378 e. The molecule has 0 radical (unpaired) electrons. The van der Waals surface area contributed by atoms with Crippen molar-refractivity contribution in [3.8, 4) is 0 Å². The highest BCUT2D eigenvalue weighted by Crippen LogP contribution is 2.39. The van der Waals surface area contributed by atoms with Crippen LogP contribution in [0.4, 0.5) is 4.39 Å². The number of aryl methyl sites for hydroxylation is 1. The van der Waals surface area contributed by atoms with Crippen molar-refractivity contribution in [2.75, 3.05) is 46.0 Å². The minimum atomic E-state index is -0.994. The van der Waals surface area contributed by atoms with E-state index in [1.54, 1.807) is 26.8 Å². The fraction of sp³-hybridized carbons (Fsp3) is 0.444. The van der Waals surface area contributed by atoms with Crippen molar-refractivity contribution < 1.29 is 28.2 Å². The van der Waals surface area contributed by atoms with Crippen molar-refractivity contribution >= 4 is 17.7 Å². The second kappa shape index (κ2) is 9.99. The number of nitrogens with zero attached hydrogens (tertiary/aromatic N) is 3. The normalized spacial score (nSPS) is 21.6. The zero-order chi connectivity index (χ0) is 25.3. The van der Waals surface area contributed by atoms with E-state index < -0.39 is 17.6 Å². The lowest BCUT2D eigenvalue weighted by molar-refractivity contribution is -0.141. The number of ether oxygens (including phenoxy) is 2. The molecule has 0 aromatic heterocycles. The smallest absolute Gasteiger partial charge is 0.256 e. The van der Waals surface area contributed by atoms with Crippen LogP contribution in [0.3, 0.4) is 0 Å². The number of carbonyl (C=O) groups excluding carboxylic acids is 3. The Morgan fingerprint density at radius 2 is 1.56 bits per heavy atom. The summed E-state index contributed by atoms with van der Waals surface area (Å²) in [4.78, 5) is 45.4. The molecule has 9 heteroatoms. The standard InChI is InChI=1S/C27H30FN3O5/c1-19-4-2-5-20(16-19)25(33)31-23(26(34)30-12-14-35-15-13-30)18-36-27(31)8-10-29(11-9-27)24(32)21-6-3-7-22(28)17-21/h2-7,16-17,23H,8-15,18H2,1H3/t23-/m1/s1. The van der Waals surface area contributed by atoms with E-state index in [2.05, 4.69) is 0 Å². The number of halogens is 1. The monoisotopic (exact) mass is 495 g/mol. The Bertz CT molecular complexity index is 1160. The topological polar surface area (TPSA) is 79.4 Å². The molecule has 36 heavy (non-hydrogen) atoms. The van der Waals surface area contributed by atoms with Gasteiger partial charge in [-0.25, -0.2) is 4.39 Å². The summed E-state index contributed by atoms with van der Waals surface area (Å²) in [7, 11) is 0. The Balaban J connectivity index is 1.40. The van der Waals surface area contributed by atoms with Gasteiger partial charge in [-0.1, -0.05) is 23.8 Å². The van der Waals surface area contributed by atoms with Crippen LogP contribution in [0.1, 0.15) is 39.1 Å². The molecule has 3 heterocycles. The quantitative estimate of drug-likeness (QED) is 0.654. The number of morpholine rings is 1. The highest BCUT2D eigenvalue weighted by atomic mass is 19.1. The van der Waals surface area contributed by atoms with Crippen LogP contribution in [-0.2, 0) is 14.3 Å². The minimum Gasteiger partial charge on any atom is -0.378 e. The van der Waals surface area contributed by atoms with Crippen LogP contribution < -0.4 is 0 Å². The van der Waals surface area contributed by atoms with Gasteiger partial charge in [0, 0.05) is 50.1 Å². The average molecular weight is 496 g/mol. The summed E-state index contributed by atoms with van der Waals surface area (Å²) in [6.45, 7) is 4.55. The Morgan fingerprint density at radius 3 is 2.22 bits per heavy atom. The van der Waals surface area contributed by atoms with Gasteiger partial charge in [-0.2, -0.15) is 0 Å². The van der Waals surface area contributed by atoms with E-state index in [4.69, 9.17) is 9.47 Å². The Kier molecular flexibility index (Phi) is 6.77. The lowest BCUT2D eigenvalue weighted by Crippen LogP contribution is -2.60. The highest BCUT2D eigenvalue weighted by molar-refractivity contribution is 5.99. The fourth-order valence-electron chi connectivity index (χ4n) is 5.33. The third kappa shape index (κ3) is 4.60. The number of likely N-dealkylation sites (tertiary alicyclic amines) is 1. The lowest BCUT2D eigenvalue weighted by atomic mass is 9.95. The molecule has 1 spiro atoms. The van der Waals surface area contributed by atoms with E-state index in [1.165, 1.54) is 18.2 Å². The molecular formula is C27H30FN3O5. The van der Waals surface area contributed by atoms with E-state index in [-0.39, 0.29) is 29.9 Å². The van der Waals surface area contributed by atoms with Crippen molar-refractivity contribution in [1.29, 1.82) is 0 Å². The van der Waals surface area contributed by atoms with Crippen molar-refractivity contribution in [2.45, 2.75) is 31.5 Å². The molecule has 0 bridgehead atoms. The molecule has 3 aliphatic rings. The zero-order valence-corrected chi connectivity index (χ0v) is 20.3. The molecule has 5 rings (SSSR count). The van der Waals surface area contributed by atoms with E-state index >= 15 is 0 Å². The van der Waals surface area contributed by atoms with Crippen LogP contribution in [0.5, 0.6) is 0 Å². The fourth-order valence-corrected chi connectivity index (χ4v) is 5.33. The molecular weight excluding hydrogens is 465 g/mol. The first-order chi connectivity index (χ1) is 17.4. The summed E-state index contributed by atoms with van der Waals surface area (Å²) in [5.74, 6) is -1.13. The van der Waals surface area contributed by atoms with E-state index in [9.17, 15) is 18.8 Å². The first-order valence-corrected chi connectivity index (χ1v) is 12.3. The van der Waals surface area contributed by atoms with Gasteiger partial charge < -0.3 is 19.3 Å². The predicted octanol–water partition coefficient (Wildman–Crippen LogP) is 2.47. The minimum absolute atomic E-state index is 0.103. The van der Waals surface area contributed by atoms with Gasteiger partial charge in [-0.3, -0.25) is 19.3 Å².